The van der Waals surface area contributed by atoms with Crippen LogP contribution in [-0.2, 0) is 22.8 Å². The summed E-state index contributed by atoms with van der Waals surface area (Å²) < 4.78 is 66.4. The predicted octanol–water partition coefficient (Wildman–Crippen LogP) is 4.16. The summed E-state index contributed by atoms with van der Waals surface area (Å²) in [6, 6.07) is 15.3. The van der Waals surface area contributed by atoms with Crippen molar-refractivity contribution in [3.8, 4) is 5.75 Å². The van der Waals surface area contributed by atoms with Crippen LogP contribution in [0.15, 0.2) is 60.7 Å². The zero-order chi connectivity index (χ0) is 24.5. The number of carbonyl (C=O) groups is 1. The van der Waals surface area contributed by atoms with Crippen molar-refractivity contribution in [2.45, 2.75) is 12.7 Å². The van der Waals surface area contributed by atoms with Gasteiger partial charge in [-0.2, -0.15) is 21.6 Å². The molecule has 3 aromatic carbocycles. The van der Waals surface area contributed by atoms with Crippen molar-refractivity contribution < 1.29 is 30.6 Å². The zero-order valence-corrected chi connectivity index (χ0v) is 19.2. The molecule has 0 bridgehead atoms. The minimum Gasteiger partial charge on any atom is -0.383 e. The molecule has 1 saturated heterocycles. The number of fused-ring (bicyclic) bond motifs is 1. The molecule has 0 N–H and O–H groups in total. The van der Waals surface area contributed by atoms with E-state index in [0.717, 1.165) is 23.1 Å². The summed E-state index contributed by atoms with van der Waals surface area (Å²) in [6.07, 6.45) is -3.40. The maximum absolute atomic E-state index is 13.0. The summed E-state index contributed by atoms with van der Waals surface area (Å²) >= 11 is 0. The molecule has 6 nitrogen and oxygen atoms in total. The fourth-order valence-electron chi connectivity index (χ4n) is 3.98. The van der Waals surface area contributed by atoms with Crippen LogP contribution in [0.2, 0.25) is 0 Å². The summed E-state index contributed by atoms with van der Waals surface area (Å²) in [5.74, 6) is 0.0723. The number of carbonyl (C=O) groups excluding carboxylic acids is 1. The van der Waals surface area contributed by atoms with Crippen LogP contribution in [0.5, 0.6) is 5.75 Å². The van der Waals surface area contributed by atoms with E-state index in [-0.39, 0.29) is 11.7 Å². The van der Waals surface area contributed by atoms with E-state index in [9.17, 15) is 26.4 Å². The van der Waals surface area contributed by atoms with Crippen LogP contribution in [-0.4, -0.2) is 56.6 Å². The Labute approximate surface area is 195 Å². The van der Waals surface area contributed by atoms with E-state index in [0.29, 0.717) is 43.9 Å². The van der Waals surface area contributed by atoms with Gasteiger partial charge in [-0.05, 0) is 46.7 Å². The second-order valence-corrected chi connectivity index (χ2v) is 9.85. The fourth-order valence-corrected chi connectivity index (χ4v) is 4.43. The molecule has 0 aromatic heterocycles. The molecule has 0 aliphatic carbocycles. The normalized spacial score (nSPS) is 15.5. The molecule has 4 rings (SSSR count). The van der Waals surface area contributed by atoms with Gasteiger partial charge in [-0.15, -0.1) is 0 Å². The predicted molar refractivity (Wildman–Crippen MR) is 122 cm³/mol. The van der Waals surface area contributed by atoms with Gasteiger partial charge >= 0.3 is 16.3 Å². The fraction of sp³-hybridized carbons (Fsp3) is 0.292. The molecule has 3 aromatic rings. The van der Waals surface area contributed by atoms with Gasteiger partial charge in [-0.1, -0.05) is 30.3 Å². The first-order valence-electron chi connectivity index (χ1n) is 10.6. The number of alkyl halides is 3. The maximum Gasteiger partial charge on any atom is 0.416 e. The highest BCUT2D eigenvalue weighted by molar-refractivity contribution is 7.86. The lowest BCUT2D eigenvalue weighted by molar-refractivity contribution is -0.137. The van der Waals surface area contributed by atoms with Crippen LogP contribution >= 0.6 is 0 Å². The van der Waals surface area contributed by atoms with Gasteiger partial charge in [0.2, 0.25) is 0 Å². The van der Waals surface area contributed by atoms with Gasteiger partial charge < -0.3 is 9.08 Å². The van der Waals surface area contributed by atoms with E-state index in [1.807, 2.05) is 4.90 Å². The van der Waals surface area contributed by atoms with Crippen molar-refractivity contribution in [2.24, 2.45) is 0 Å². The van der Waals surface area contributed by atoms with Crippen molar-refractivity contribution >= 4 is 26.8 Å². The first-order valence-corrected chi connectivity index (χ1v) is 12.4. The summed E-state index contributed by atoms with van der Waals surface area (Å²) in [5.41, 5.74) is 0.434. The lowest BCUT2D eigenvalue weighted by Gasteiger charge is -2.35. The van der Waals surface area contributed by atoms with Crippen molar-refractivity contribution in [1.82, 2.24) is 9.80 Å². The monoisotopic (exact) mass is 492 g/mol. The molecule has 1 aliphatic heterocycles. The molecule has 1 heterocycles. The summed E-state index contributed by atoms with van der Waals surface area (Å²) in [7, 11) is -3.63. The van der Waals surface area contributed by atoms with Gasteiger partial charge in [-0.25, -0.2) is 0 Å². The number of halogens is 3. The smallest absolute Gasteiger partial charge is 0.383 e. The van der Waals surface area contributed by atoms with E-state index < -0.39 is 21.9 Å². The van der Waals surface area contributed by atoms with Gasteiger partial charge in [0.15, 0.2) is 0 Å². The SMILES string of the molecule is CS(=O)(=O)Oc1ccc2cc(C(=O)N3CCN(Cc4cccc(C(F)(F)F)c4)CC3)ccc2c1. The van der Waals surface area contributed by atoms with Crippen LogP contribution in [0.25, 0.3) is 10.8 Å². The van der Waals surface area contributed by atoms with Crippen LogP contribution in [0.1, 0.15) is 21.5 Å². The van der Waals surface area contributed by atoms with E-state index in [1.54, 1.807) is 41.3 Å². The number of piperazine rings is 1. The van der Waals surface area contributed by atoms with E-state index >= 15 is 0 Å². The van der Waals surface area contributed by atoms with Crippen molar-refractivity contribution in [3.63, 3.8) is 0 Å². The molecule has 0 spiro atoms. The van der Waals surface area contributed by atoms with E-state index in [4.69, 9.17) is 4.18 Å². The number of benzene rings is 3. The van der Waals surface area contributed by atoms with Gasteiger partial charge in [0.25, 0.3) is 5.91 Å². The second kappa shape index (κ2) is 9.27. The van der Waals surface area contributed by atoms with Gasteiger partial charge in [0, 0.05) is 38.3 Å². The van der Waals surface area contributed by atoms with Crippen LogP contribution in [0.4, 0.5) is 13.2 Å². The number of amides is 1. The molecular formula is C24H23F3N2O4S. The second-order valence-electron chi connectivity index (χ2n) is 8.28. The number of rotatable bonds is 5. The van der Waals surface area contributed by atoms with Gasteiger partial charge in [0.05, 0.1) is 11.8 Å². The Morgan fingerprint density at radius 3 is 2.29 bits per heavy atom. The third-order valence-corrected chi connectivity index (χ3v) is 6.12. The Morgan fingerprint density at radius 2 is 1.62 bits per heavy atom. The summed E-state index contributed by atoms with van der Waals surface area (Å²) in [6.45, 7) is 2.44. The maximum atomic E-state index is 13.0. The Kier molecular flexibility index (Phi) is 6.55. The average Bonchev–Trinajstić information content (AvgIpc) is 2.77. The number of hydrogen-bond donors (Lipinski definition) is 0. The summed E-state index contributed by atoms with van der Waals surface area (Å²) in [4.78, 5) is 16.8. The van der Waals surface area contributed by atoms with E-state index in [2.05, 4.69) is 0 Å². The molecule has 0 saturated carbocycles. The minimum absolute atomic E-state index is 0.128. The topological polar surface area (TPSA) is 66.9 Å². The van der Waals surface area contributed by atoms with Crippen LogP contribution in [0, 0.1) is 0 Å². The first kappa shape index (κ1) is 24.0. The molecule has 0 atom stereocenters. The quantitative estimate of drug-likeness (QED) is 0.501. The van der Waals surface area contributed by atoms with Crippen LogP contribution in [0.3, 0.4) is 0 Å². The molecule has 1 aliphatic rings. The zero-order valence-electron chi connectivity index (χ0n) is 18.4. The molecule has 1 fully saturated rings. The lowest BCUT2D eigenvalue weighted by atomic mass is 10.1. The third-order valence-electron chi connectivity index (χ3n) is 5.63. The molecule has 34 heavy (non-hydrogen) atoms. The lowest BCUT2D eigenvalue weighted by Crippen LogP contribution is -2.48. The van der Waals surface area contributed by atoms with Crippen molar-refractivity contribution in [2.75, 3.05) is 32.4 Å². The van der Waals surface area contributed by atoms with Gasteiger partial charge in [-0.3, -0.25) is 9.69 Å². The Hall–Kier alpha value is -3.11. The number of nitrogens with zero attached hydrogens (tertiary/aromatic N) is 2. The molecular weight excluding hydrogens is 469 g/mol. The van der Waals surface area contributed by atoms with Gasteiger partial charge in [0.1, 0.15) is 5.75 Å². The minimum atomic E-state index is -4.37. The molecule has 1 amide bonds. The standard InChI is InChI=1S/C24H23F3N2O4S/c1-34(31,32)33-22-8-7-18-14-20(6-5-19(18)15-22)23(30)29-11-9-28(10-12-29)16-17-3-2-4-21(13-17)24(25,26)27/h2-8,13-15H,9-12,16H2,1H3. The summed E-state index contributed by atoms with van der Waals surface area (Å²) in [5, 5.41) is 1.51. The van der Waals surface area contributed by atoms with Crippen LogP contribution < -0.4 is 4.18 Å². The highest BCUT2D eigenvalue weighted by Crippen LogP contribution is 2.30. The van der Waals surface area contributed by atoms with E-state index in [1.165, 1.54) is 18.2 Å². The van der Waals surface area contributed by atoms with Crippen molar-refractivity contribution in [1.29, 1.82) is 0 Å². The molecule has 0 unspecified atom stereocenters. The molecule has 0 radical (unpaired) electrons. The highest BCUT2D eigenvalue weighted by atomic mass is 32.2. The third kappa shape index (κ3) is 5.87. The molecule has 10 heteroatoms. The largest absolute Gasteiger partial charge is 0.416 e. The first-order chi connectivity index (χ1) is 16.0. The Morgan fingerprint density at radius 1 is 0.941 bits per heavy atom. The Balaban J connectivity index is 1.39. The highest BCUT2D eigenvalue weighted by Gasteiger charge is 2.30. The Bertz CT molecular complexity index is 1320. The van der Waals surface area contributed by atoms with Crippen molar-refractivity contribution in [3.05, 3.63) is 77.4 Å². The molecule has 180 valence electrons. The average molecular weight is 493 g/mol. The number of hydrogen-bond acceptors (Lipinski definition) is 5.